The van der Waals surface area contributed by atoms with Gasteiger partial charge in [0.05, 0.1) is 12.6 Å². The van der Waals surface area contributed by atoms with E-state index in [1.165, 1.54) is 44.1 Å². The number of piperidine rings is 1. The van der Waals surface area contributed by atoms with Crippen LogP contribution in [0.5, 0.6) is 0 Å². The first-order chi connectivity index (χ1) is 13.7. The van der Waals surface area contributed by atoms with E-state index in [1.807, 2.05) is 0 Å². The lowest BCUT2D eigenvalue weighted by atomic mass is 9.66. The summed E-state index contributed by atoms with van der Waals surface area (Å²) in [6.07, 6.45) is 13.1. The van der Waals surface area contributed by atoms with E-state index in [0.29, 0.717) is 17.0 Å². The summed E-state index contributed by atoms with van der Waals surface area (Å²) in [5.74, 6) is 4.26. The lowest BCUT2D eigenvalue weighted by Gasteiger charge is -2.41. The zero-order chi connectivity index (χ0) is 19.1. The van der Waals surface area contributed by atoms with Crippen molar-refractivity contribution in [2.75, 3.05) is 6.54 Å². The minimum atomic E-state index is 0.353. The fourth-order valence-electron chi connectivity index (χ4n) is 7.49. The van der Waals surface area contributed by atoms with Crippen molar-refractivity contribution < 1.29 is 5.06 Å². The molecule has 2 saturated carbocycles. The van der Waals surface area contributed by atoms with E-state index in [9.17, 15) is 5.21 Å². The molecular formula is C26H37NO. The maximum absolute atomic E-state index is 12.6. The molecule has 1 heterocycles. The summed E-state index contributed by atoms with van der Waals surface area (Å²) in [4.78, 5) is 0. The molecule has 2 nitrogen and oxygen atoms in total. The number of hydroxylamine groups is 2. The summed E-state index contributed by atoms with van der Waals surface area (Å²) in [6.45, 7) is 3.28. The highest BCUT2D eigenvalue weighted by Crippen LogP contribution is 2.57. The standard InChI is InChI=1S/C26H37NO/c1-18-23(14-19-8-3-2-4-9-19)25-15-20-10-7-11-21(20)16-26(25)24(18)17-22-12-5-6-13-27(22)28/h2-4,8-9,20-22,24-27H,5-7,10-17H2,1H3. The Morgan fingerprint density at radius 2 is 1.75 bits per heavy atom. The van der Waals surface area contributed by atoms with Crippen LogP contribution in [0, 0.1) is 34.8 Å². The van der Waals surface area contributed by atoms with Crippen molar-refractivity contribution in [3.05, 3.63) is 52.2 Å². The number of hydrogen-bond donors (Lipinski definition) is 1. The van der Waals surface area contributed by atoms with Crippen molar-refractivity contribution in [1.82, 2.24) is 0 Å². The second kappa shape index (κ2) is 7.95. The molecule has 0 radical (unpaired) electrons. The van der Waals surface area contributed by atoms with E-state index in [0.717, 1.165) is 55.9 Å². The molecule has 7 unspecified atom stereocenters. The Balaban J connectivity index is 1.42. The minimum Gasteiger partial charge on any atom is -0.634 e. The van der Waals surface area contributed by atoms with E-state index in [2.05, 4.69) is 37.3 Å². The third-order valence-corrected chi connectivity index (χ3v) is 8.95. The van der Waals surface area contributed by atoms with Gasteiger partial charge in [-0.15, -0.1) is 0 Å². The Morgan fingerprint density at radius 1 is 0.964 bits per heavy atom. The summed E-state index contributed by atoms with van der Waals surface area (Å²) < 4.78 is 0. The van der Waals surface area contributed by atoms with Crippen molar-refractivity contribution in [2.45, 2.75) is 77.2 Å². The summed E-state index contributed by atoms with van der Waals surface area (Å²) >= 11 is 0. The number of quaternary nitrogens is 1. The lowest BCUT2D eigenvalue weighted by Crippen LogP contribution is -3.12. The van der Waals surface area contributed by atoms with Gasteiger partial charge in [0.15, 0.2) is 0 Å². The van der Waals surface area contributed by atoms with Gasteiger partial charge >= 0.3 is 0 Å². The molecule has 3 aliphatic carbocycles. The quantitative estimate of drug-likeness (QED) is 0.582. The van der Waals surface area contributed by atoms with Crippen molar-refractivity contribution in [1.29, 1.82) is 0 Å². The number of rotatable bonds is 4. The zero-order valence-corrected chi connectivity index (χ0v) is 17.5. The van der Waals surface area contributed by atoms with Gasteiger partial charge in [-0.1, -0.05) is 60.7 Å². The number of benzene rings is 1. The summed E-state index contributed by atoms with van der Waals surface area (Å²) in [7, 11) is 0. The first-order valence-electron chi connectivity index (χ1n) is 12.0. The Labute approximate surface area is 171 Å². The predicted molar refractivity (Wildman–Crippen MR) is 115 cm³/mol. The van der Waals surface area contributed by atoms with Gasteiger partial charge < -0.3 is 10.3 Å². The monoisotopic (exact) mass is 379 g/mol. The molecule has 0 amide bonds. The van der Waals surface area contributed by atoms with Crippen molar-refractivity contribution in [2.24, 2.45) is 29.6 Å². The van der Waals surface area contributed by atoms with E-state index in [4.69, 9.17) is 0 Å². The average Bonchev–Trinajstić information content (AvgIpc) is 3.27. The molecule has 1 aliphatic heterocycles. The second-order valence-electron chi connectivity index (χ2n) is 10.3. The highest BCUT2D eigenvalue weighted by molar-refractivity contribution is 5.33. The van der Waals surface area contributed by atoms with Gasteiger partial charge in [0.25, 0.3) is 0 Å². The van der Waals surface area contributed by atoms with Gasteiger partial charge in [-0.25, -0.2) is 0 Å². The minimum absolute atomic E-state index is 0.353. The highest BCUT2D eigenvalue weighted by Gasteiger charge is 2.48. The molecular weight excluding hydrogens is 342 g/mol. The fourth-order valence-corrected chi connectivity index (χ4v) is 7.49. The molecule has 28 heavy (non-hydrogen) atoms. The van der Waals surface area contributed by atoms with Gasteiger partial charge in [-0.05, 0) is 80.6 Å². The van der Waals surface area contributed by atoms with Crippen LogP contribution < -0.4 is 5.06 Å². The van der Waals surface area contributed by atoms with E-state index >= 15 is 0 Å². The molecule has 0 aromatic heterocycles. The smallest absolute Gasteiger partial charge is 0.0877 e. The third-order valence-electron chi connectivity index (χ3n) is 8.95. The predicted octanol–water partition coefficient (Wildman–Crippen LogP) is 4.94. The highest BCUT2D eigenvalue weighted by atomic mass is 16.5. The maximum atomic E-state index is 12.6. The number of fused-ring (bicyclic) bond motifs is 2. The molecule has 1 N–H and O–H groups in total. The fraction of sp³-hybridized carbons (Fsp3) is 0.692. The third kappa shape index (κ3) is 3.48. The normalized spacial score (nSPS) is 40.4. The molecule has 1 aromatic rings. The molecule has 2 heteroatoms. The van der Waals surface area contributed by atoms with Crippen LogP contribution in [0.3, 0.4) is 0 Å². The van der Waals surface area contributed by atoms with Crippen LogP contribution in [-0.2, 0) is 6.42 Å². The van der Waals surface area contributed by atoms with Gasteiger partial charge in [-0.2, -0.15) is 0 Å². The Bertz CT molecular complexity index is 710. The number of nitrogens with one attached hydrogen (secondary N) is 1. The van der Waals surface area contributed by atoms with Crippen LogP contribution in [0.1, 0.15) is 70.3 Å². The van der Waals surface area contributed by atoms with Gasteiger partial charge in [0.2, 0.25) is 0 Å². The summed E-state index contributed by atoms with van der Waals surface area (Å²) in [5, 5.41) is 13.2. The van der Waals surface area contributed by atoms with Gasteiger partial charge in [0.1, 0.15) is 0 Å². The molecule has 1 aromatic carbocycles. The summed E-state index contributed by atoms with van der Waals surface area (Å²) in [6, 6.07) is 11.5. The van der Waals surface area contributed by atoms with Gasteiger partial charge in [0, 0.05) is 6.42 Å². The Kier molecular flexibility index (Phi) is 5.36. The lowest BCUT2D eigenvalue weighted by molar-refractivity contribution is -0.882. The molecule has 1 saturated heterocycles. The average molecular weight is 380 g/mol. The van der Waals surface area contributed by atoms with Crippen LogP contribution in [0.2, 0.25) is 0 Å². The van der Waals surface area contributed by atoms with E-state index in [1.54, 1.807) is 11.1 Å². The molecule has 4 aliphatic rings. The maximum Gasteiger partial charge on any atom is 0.0877 e. The van der Waals surface area contributed by atoms with E-state index in [-0.39, 0.29) is 0 Å². The van der Waals surface area contributed by atoms with Crippen LogP contribution in [0.4, 0.5) is 0 Å². The van der Waals surface area contributed by atoms with E-state index < -0.39 is 0 Å². The van der Waals surface area contributed by atoms with Crippen molar-refractivity contribution in [3.63, 3.8) is 0 Å². The number of allylic oxidation sites excluding steroid dienone is 2. The zero-order valence-electron chi connectivity index (χ0n) is 17.5. The first kappa shape index (κ1) is 18.9. The van der Waals surface area contributed by atoms with Gasteiger partial charge in [-0.3, -0.25) is 0 Å². The van der Waals surface area contributed by atoms with Crippen LogP contribution in [-0.4, -0.2) is 12.6 Å². The Hall–Kier alpha value is -1.12. The Morgan fingerprint density at radius 3 is 2.54 bits per heavy atom. The second-order valence-corrected chi connectivity index (χ2v) is 10.3. The molecule has 5 rings (SSSR count). The molecule has 0 spiro atoms. The molecule has 0 bridgehead atoms. The first-order valence-corrected chi connectivity index (χ1v) is 12.0. The van der Waals surface area contributed by atoms with Crippen LogP contribution in [0.15, 0.2) is 41.5 Å². The van der Waals surface area contributed by atoms with Crippen molar-refractivity contribution in [3.8, 4) is 0 Å². The molecule has 3 fully saturated rings. The number of hydrogen-bond acceptors (Lipinski definition) is 1. The largest absolute Gasteiger partial charge is 0.634 e. The SMILES string of the molecule is CC1=C(Cc2ccccc2)C2CC3CCCC3CC2C1CC1CCCC[NH+]1[O-]. The van der Waals surface area contributed by atoms with Crippen LogP contribution in [0.25, 0.3) is 0 Å². The molecule has 152 valence electrons. The van der Waals surface area contributed by atoms with Crippen LogP contribution >= 0.6 is 0 Å². The molecule has 7 atom stereocenters. The topological polar surface area (TPSA) is 27.5 Å². The van der Waals surface area contributed by atoms with Crippen molar-refractivity contribution >= 4 is 0 Å². The summed E-state index contributed by atoms with van der Waals surface area (Å²) in [5.41, 5.74) is 4.91.